The Bertz CT molecular complexity index is 770. The standard InChI is InChI=1S/C14H15IN.CHF3O3S/c1-10-8-11(2)14(12(3)9-10)15-13-6-4-5-7-16-13;2-1(3,4)8(5,6)7/h4-9H,1-3H3;(H,5,6,7)/q+1;/p-1. The fourth-order valence-corrected chi connectivity index (χ4v) is 4.21. The summed E-state index contributed by atoms with van der Waals surface area (Å²) in [5, 5.41) is 0. The van der Waals surface area contributed by atoms with Gasteiger partial charge in [-0.25, -0.2) is 13.4 Å². The molecule has 24 heavy (non-hydrogen) atoms. The highest BCUT2D eigenvalue weighted by molar-refractivity contribution is 7.86. The monoisotopic (exact) mass is 473 g/mol. The number of hydrogen-bond acceptors (Lipinski definition) is 4. The van der Waals surface area contributed by atoms with Crippen molar-refractivity contribution in [3.05, 3.63) is 60.5 Å². The van der Waals surface area contributed by atoms with Crippen LogP contribution in [0.15, 0.2) is 36.5 Å². The molecular formula is C15H15F3INO3S. The SMILES string of the molecule is Cc1cc(C)c([I+]c2ccccn2)c(C)c1.O=S(=O)([O-])C(F)(F)F. The van der Waals surface area contributed by atoms with Crippen molar-refractivity contribution in [2.24, 2.45) is 0 Å². The molecule has 1 aromatic carbocycles. The van der Waals surface area contributed by atoms with E-state index in [2.05, 4.69) is 50.0 Å². The van der Waals surface area contributed by atoms with Crippen molar-refractivity contribution in [1.29, 1.82) is 0 Å². The van der Waals surface area contributed by atoms with Gasteiger partial charge < -0.3 is 4.55 Å². The number of halogens is 4. The van der Waals surface area contributed by atoms with Gasteiger partial charge in [-0.05, 0) is 26.8 Å². The minimum Gasteiger partial charge on any atom is -0.741 e. The third kappa shape index (κ3) is 6.36. The van der Waals surface area contributed by atoms with Gasteiger partial charge in [-0.3, -0.25) is 0 Å². The average Bonchev–Trinajstić information content (AvgIpc) is 2.42. The Morgan fingerprint density at radius 3 is 1.96 bits per heavy atom. The summed E-state index contributed by atoms with van der Waals surface area (Å²) in [7, 11) is -6.09. The molecular weight excluding hydrogens is 458 g/mol. The van der Waals surface area contributed by atoms with Crippen molar-refractivity contribution >= 4 is 10.1 Å². The molecule has 2 rings (SSSR count). The number of nitrogens with zero attached hydrogens (tertiary/aromatic N) is 1. The Labute approximate surface area is 149 Å². The molecule has 1 heterocycles. The maximum Gasteiger partial charge on any atom is 0.485 e. The Kier molecular flexibility index (Phi) is 7.17. The maximum absolute atomic E-state index is 10.7. The summed E-state index contributed by atoms with van der Waals surface area (Å²) < 4.78 is 61.7. The second-order valence-electron chi connectivity index (χ2n) is 4.86. The molecule has 0 N–H and O–H groups in total. The van der Waals surface area contributed by atoms with E-state index >= 15 is 0 Å². The van der Waals surface area contributed by atoms with Crippen LogP contribution in [0.5, 0.6) is 0 Å². The molecule has 0 aliphatic carbocycles. The summed E-state index contributed by atoms with van der Waals surface area (Å²) in [6.07, 6.45) is 1.88. The molecule has 0 aliphatic heterocycles. The summed E-state index contributed by atoms with van der Waals surface area (Å²) in [5.41, 5.74) is -1.47. The molecule has 0 unspecified atom stereocenters. The molecule has 0 radical (unpaired) electrons. The van der Waals surface area contributed by atoms with Crippen LogP contribution in [0.4, 0.5) is 13.2 Å². The van der Waals surface area contributed by atoms with Gasteiger partial charge in [0.1, 0.15) is 0 Å². The van der Waals surface area contributed by atoms with E-state index in [1.165, 1.54) is 24.0 Å². The molecule has 9 heteroatoms. The van der Waals surface area contributed by atoms with Gasteiger partial charge >= 0.3 is 26.7 Å². The van der Waals surface area contributed by atoms with Crippen LogP contribution in [0.3, 0.4) is 0 Å². The highest BCUT2D eigenvalue weighted by Crippen LogP contribution is 2.20. The molecule has 0 atom stereocenters. The third-order valence-electron chi connectivity index (χ3n) is 2.68. The van der Waals surface area contributed by atoms with Crippen molar-refractivity contribution < 1.29 is 47.3 Å². The summed E-state index contributed by atoms with van der Waals surface area (Å²) in [6, 6.07) is 10.7. The van der Waals surface area contributed by atoms with E-state index in [-0.39, 0.29) is 21.2 Å². The number of aromatic nitrogens is 1. The molecule has 0 bridgehead atoms. The summed E-state index contributed by atoms with van der Waals surface area (Å²) in [6.45, 7) is 6.57. The van der Waals surface area contributed by atoms with E-state index in [9.17, 15) is 13.2 Å². The van der Waals surface area contributed by atoms with E-state index in [0.29, 0.717) is 0 Å². The zero-order valence-corrected chi connectivity index (χ0v) is 16.0. The molecule has 2 aromatic rings. The number of alkyl halides is 3. The molecule has 0 fully saturated rings. The van der Waals surface area contributed by atoms with Crippen LogP contribution in [0.1, 0.15) is 16.7 Å². The van der Waals surface area contributed by atoms with Crippen LogP contribution in [0.25, 0.3) is 0 Å². The van der Waals surface area contributed by atoms with Crippen LogP contribution >= 0.6 is 0 Å². The first-order chi connectivity index (χ1) is 10.9. The average molecular weight is 473 g/mol. The van der Waals surface area contributed by atoms with E-state index < -0.39 is 15.6 Å². The molecule has 1 aromatic heterocycles. The topological polar surface area (TPSA) is 70.1 Å². The van der Waals surface area contributed by atoms with Crippen molar-refractivity contribution in [3.8, 4) is 0 Å². The van der Waals surface area contributed by atoms with E-state index in [4.69, 9.17) is 13.0 Å². The lowest BCUT2D eigenvalue weighted by Gasteiger charge is -2.08. The normalized spacial score (nSPS) is 11.6. The van der Waals surface area contributed by atoms with Gasteiger partial charge in [0, 0.05) is 23.4 Å². The Hall–Kier alpha value is -1.20. The molecule has 132 valence electrons. The first kappa shape index (κ1) is 20.8. The molecule has 0 spiro atoms. The van der Waals surface area contributed by atoms with Gasteiger partial charge in [0.2, 0.25) is 3.57 Å². The van der Waals surface area contributed by atoms with E-state index in [1.54, 1.807) is 0 Å². The van der Waals surface area contributed by atoms with Gasteiger partial charge in [0.15, 0.2) is 10.1 Å². The molecule has 0 saturated carbocycles. The molecule has 4 nitrogen and oxygen atoms in total. The fraction of sp³-hybridized carbons (Fsp3) is 0.267. The molecule has 0 saturated heterocycles. The van der Waals surface area contributed by atoms with Crippen LogP contribution in [0.2, 0.25) is 0 Å². The van der Waals surface area contributed by atoms with Crippen LogP contribution in [-0.4, -0.2) is 23.5 Å². The van der Waals surface area contributed by atoms with Gasteiger partial charge in [0.05, 0.1) is 0 Å². The number of rotatable bonds is 2. The number of aryl methyl sites for hydroxylation is 3. The lowest BCUT2D eigenvalue weighted by Crippen LogP contribution is -3.62. The summed E-state index contributed by atoms with van der Waals surface area (Å²) in [5.74, 6) is 0. The predicted molar refractivity (Wildman–Crippen MR) is 78.0 cm³/mol. The largest absolute Gasteiger partial charge is 0.741 e. The fourth-order valence-electron chi connectivity index (χ4n) is 1.81. The van der Waals surface area contributed by atoms with E-state index in [0.717, 1.165) is 0 Å². The second-order valence-corrected chi connectivity index (χ2v) is 8.95. The van der Waals surface area contributed by atoms with Gasteiger partial charge in [-0.1, -0.05) is 23.8 Å². The Morgan fingerprint density at radius 2 is 1.58 bits per heavy atom. The van der Waals surface area contributed by atoms with Crippen LogP contribution < -0.4 is 21.2 Å². The van der Waals surface area contributed by atoms with Crippen molar-refractivity contribution in [2.75, 3.05) is 0 Å². The molecule has 0 aliphatic rings. The molecule has 0 amide bonds. The summed E-state index contributed by atoms with van der Waals surface area (Å²) in [4.78, 5) is 4.43. The maximum atomic E-state index is 10.7. The van der Waals surface area contributed by atoms with Crippen molar-refractivity contribution in [1.82, 2.24) is 4.98 Å². The quantitative estimate of drug-likeness (QED) is 0.270. The van der Waals surface area contributed by atoms with Gasteiger partial charge in [-0.2, -0.15) is 13.2 Å². The Balaban J connectivity index is 0.000000307. The lowest BCUT2D eigenvalue weighted by atomic mass is 10.1. The number of benzene rings is 1. The van der Waals surface area contributed by atoms with Crippen LogP contribution in [0, 0.1) is 28.0 Å². The number of hydrogen-bond donors (Lipinski definition) is 0. The zero-order chi connectivity index (χ0) is 18.5. The summed E-state index contributed by atoms with van der Waals surface area (Å²) >= 11 is -0.139. The Morgan fingerprint density at radius 1 is 1.08 bits per heavy atom. The highest BCUT2D eigenvalue weighted by atomic mass is 127. The van der Waals surface area contributed by atoms with Crippen LogP contribution in [-0.2, 0) is 10.1 Å². The van der Waals surface area contributed by atoms with E-state index in [1.807, 2.05) is 12.3 Å². The minimum absolute atomic E-state index is 0.139. The van der Waals surface area contributed by atoms with Gasteiger partial charge in [-0.15, -0.1) is 0 Å². The third-order valence-corrected chi connectivity index (χ3v) is 6.68. The lowest BCUT2D eigenvalue weighted by molar-refractivity contribution is -0.604. The van der Waals surface area contributed by atoms with Crippen molar-refractivity contribution in [3.63, 3.8) is 0 Å². The predicted octanol–water partition coefficient (Wildman–Crippen LogP) is 0.187. The minimum atomic E-state index is -6.09. The van der Waals surface area contributed by atoms with Crippen molar-refractivity contribution in [2.45, 2.75) is 26.3 Å². The van der Waals surface area contributed by atoms with Gasteiger partial charge in [0.25, 0.3) is 3.70 Å². The zero-order valence-electron chi connectivity index (χ0n) is 13.1. The highest BCUT2D eigenvalue weighted by Gasteiger charge is 2.36. The smallest absolute Gasteiger partial charge is 0.485 e. The first-order valence-corrected chi connectivity index (χ1v) is 10.1. The second kappa shape index (κ2) is 8.26. The first-order valence-electron chi connectivity index (χ1n) is 6.57. The number of pyridine rings is 1.